The summed E-state index contributed by atoms with van der Waals surface area (Å²) in [5.41, 5.74) is 9.77. The molecule has 0 aliphatic rings. The molecule has 2 aromatic carbocycles. The molecular weight excluding hydrogens is 334 g/mol. The van der Waals surface area contributed by atoms with E-state index >= 15 is 0 Å². The maximum Gasteiger partial charge on any atom is 0.159 e. The molecule has 0 radical (unpaired) electrons. The number of benzene rings is 2. The molecule has 0 atom stereocenters. The third-order valence-corrected chi connectivity index (χ3v) is 4.36. The van der Waals surface area contributed by atoms with Crippen LogP contribution in [0.25, 0.3) is 0 Å². The molecule has 3 rings (SSSR count). The first-order chi connectivity index (χ1) is 12.1. The van der Waals surface area contributed by atoms with Crippen LogP contribution in [-0.4, -0.2) is 16.5 Å². The lowest BCUT2D eigenvalue weighted by atomic mass is 10.1. The first-order valence-electron chi connectivity index (χ1n) is 8.05. The van der Waals surface area contributed by atoms with Crippen LogP contribution < -0.4 is 16.4 Å². The summed E-state index contributed by atoms with van der Waals surface area (Å²) >= 11 is 6.16. The average Bonchev–Trinajstić information content (AvgIpc) is 2.63. The summed E-state index contributed by atoms with van der Waals surface area (Å²) < 4.78 is 0. The Balaban J connectivity index is 1.70. The van der Waals surface area contributed by atoms with Crippen molar-refractivity contribution in [1.29, 1.82) is 0 Å². The number of aromatic nitrogens is 2. The number of nitrogen functional groups attached to an aromatic ring is 1. The maximum absolute atomic E-state index is 6.22. The van der Waals surface area contributed by atoms with Crippen LogP contribution in [0.4, 0.5) is 23.0 Å². The van der Waals surface area contributed by atoms with Crippen LogP contribution >= 0.6 is 11.6 Å². The fourth-order valence-electron chi connectivity index (χ4n) is 2.48. The number of nitrogens with two attached hydrogens (primary N) is 1. The van der Waals surface area contributed by atoms with Crippen LogP contribution in [0.15, 0.2) is 54.9 Å². The number of nitrogens with one attached hydrogen (secondary N) is 2. The summed E-state index contributed by atoms with van der Waals surface area (Å²) in [6.07, 6.45) is 2.38. The average molecular weight is 354 g/mol. The lowest BCUT2D eigenvalue weighted by Gasteiger charge is -2.14. The van der Waals surface area contributed by atoms with Gasteiger partial charge in [0.25, 0.3) is 0 Å². The molecular formula is C19H20ClN5. The predicted octanol–water partition coefficient (Wildman–Crippen LogP) is 4.42. The van der Waals surface area contributed by atoms with Crippen molar-refractivity contribution < 1.29 is 0 Å². The van der Waals surface area contributed by atoms with Gasteiger partial charge < -0.3 is 16.4 Å². The van der Waals surface area contributed by atoms with E-state index in [1.54, 1.807) is 0 Å². The van der Waals surface area contributed by atoms with Crippen molar-refractivity contribution in [2.75, 3.05) is 22.9 Å². The van der Waals surface area contributed by atoms with Crippen LogP contribution in [0.3, 0.4) is 0 Å². The van der Waals surface area contributed by atoms with Gasteiger partial charge in [0, 0.05) is 17.3 Å². The first-order valence-corrected chi connectivity index (χ1v) is 8.43. The van der Waals surface area contributed by atoms with Crippen molar-refractivity contribution in [2.45, 2.75) is 13.3 Å². The Morgan fingerprint density at radius 3 is 2.56 bits per heavy atom. The molecule has 0 bridgehead atoms. The standard InChI is InChI=1S/C19H20ClN5/c1-13-15(20)8-5-9-16(13)25-19-17(21)18(23-12-24-19)22-11-10-14-6-3-2-4-7-14/h2-9,12H,10-11,21H2,1H3,(H2,22,23,24,25). The minimum absolute atomic E-state index is 0.481. The molecule has 0 amide bonds. The smallest absolute Gasteiger partial charge is 0.159 e. The lowest BCUT2D eigenvalue weighted by molar-refractivity contribution is 1.00. The largest absolute Gasteiger partial charge is 0.393 e. The molecule has 1 heterocycles. The second-order valence-electron chi connectivity index (χ2n) is 5.68. The fourth-order valence-corrected chi connectivity index (χ4v) is 2.65. The molecule has 0 unspecified atom stereocenters. The molecule has 4 N–H and O–H groups in total. The number of anilines is 4. The summed E-state index contributed by atoms with van der Waals surface area (Å²) in [6.45, 7) is 2.68. The van der Waals surface area contributed by atoms with Gasteiger partial charge in [-0.15, -0.1) is 0 Å². The number of hydrogen-bond donors (Lipinski definition) is 3. The second kappa shape index (κ2) is 7.85. The Kier molecular flexibility index (Phi) is 5.36. The van der Waals surface area contributed by atoms with Crippen LogP contribution in [0.5, 0.6) is 0 Å². The zero-order chi connectivity index (χ0) is 17.6. The van der Waals surface area contributed by atoms with Gasteiger partial charge in [0.15, 0.2) is 11.6 Å². The van der Waals surface area contributed by atoms with Gasteiger partial charge in [0.05, 0.1) is 0 Å². The van der Waals surface area contributed by atoms with E-state index in [1.165, 1.54) is 11.9 Å². The van der Waals surface area contributed by atoms with Gasteiger partial charge in [-0.05, 0) is 36.6 Å². The first kappa shape index (κ1) is 17.0. The van der Waals surface area contributed by atoms with Crippen molar-refractivity contribution >= 4 is 34.6 Å². The molecule has 5 nitrogen and oxygen atoms in total. The van der Waals surface area contributed by atoms with Crippen LogP contribution in [0.1, 0.15) is 11.1 Å². The molecule has 0 saturated heterocycles. The summed E-state index contributed by atoms with van der Waals surface area (Å²) in [5, 5.41) is 7.19. The van der Waals surface area contributed by atoms with E-state index in [0.29, 0.717) is 22.3 Å². The van der Waals surface area contributed by atoms with E-state index in [4.69, 9.17) is 17.3 Å². The van der Waals surface area contributed by atoms with Gasteiger partial charge in [-0.1, -0.05) is 48.0 Å². The monoisotopic (exact) mass is 353 g/mol. The Morgan fingerprint density at radius 2 is 1.76 bits per heavy atom. The molecule has 1 aromatic heterocycles. The van der Waals surface area contributed by atoms with E-state index in [0.717, 1.165) is 24.2 Å². The van der Waals surface area contributed by atoms with Crippen molar-refractivity contribution in [2.24, 2.45) is 0 Å². The third kappa shape index (κ3) is 4.19. The number of nitrogens with zero attached hydrogens (tertiary/aromatic N) is 2. The highest BCUT2D eigenvalue weighted by Crippen LogP contribution is 2.29. The van der Waals surface area contributed by atoms with Crippen LogP contribution in [0.2, 0.25) is 5.02 Å². The summed E-state index contributed by atoms with van der Waals surface area (Å²) in [6, 6.07) is 15.9. The summed E-state index contributed by atoms with van der Waals surface area (Å²) in [7, 11) is 0. The van der Waals surface area contributed by atoms with Crippen molar-refractivity contribution in [3.8, 4) is 0 Å². The zero-order valence-electron chi connectivity index (χ0n) is 14.0. The van der Waals surface area contributed by atoms with Crippen LogP contribution in [0, 0.1) is 6.92 Å². The van der Waals surface area contributed by atoms with Crippen molar-refractivity contribution in [3.05, 3.63) is 71.0 Å². The maximum atomic E-state index is 6.22. The number of rotatable bonds is 6. The predicted molar refractivity (Wildman–Crippen MR) is 105 cm³/mol. The Bertz CT molecular complexity index is 852. The highest BCUT2D eigenvalue weighted by molar-refractivity contribution is 6.31. The quantitative estimate of drug-likeness (QED) is 0.611. The Labute approximate surface area is 152 Å². The molecule has 25 heavy (non-hydrogen) atoms. The van der Waals surface area contributed by atoms with E-state index in [2.05, 4.69) is 32.7 Å². The van der Waals surface area contributed by atoms with Gasteiger partial charge in [-0.3, -0.25) is 0 Å². The fraction of sp³-hybridized carbons (Fsp3) is 0.158. The van der Waals surface area contributed by atoms with E-state index in [-0.39, 0.29) is 0 Å². The lowest BCUT2D eigenvalue weighted by Crippen LogP contribution is -2.11. The Hall–Kier alpha value is -2.79. The molecule has 128 valence electrons. The van der Waals surface area contributed by atoms with Gasteiger partial charge in [-0.25, -0.2) is 9.97 Å². The minimum Gasteiger partial charge on any atom is -0.393 e. The van der Waals surface area contributed by atoms with E-state index in [1.807, 2.05) is 43.3 Å². The molecule has 0 aliphatic heterocycles. The van der Waals surface area contributed by atoms with Crippen molar-refractivity contribution in [1.82, 2.24) is 9.97 Å². The van der Waals surface area contributed by atoms with Gasteiger partial charge in [0.2, 0.25) is 0 Å². The Morgan fingerprint density at radius 1 is 1.00 bits per heavy atom. The normalized spacial score (nSPS) is 10.5. The zero-order valence-corrected chi connectivity index (χ0v) is 14.7. The number of halogens is 1. The summed E-state index contributed by atoms with van der Waals surface area (Å²) in [4.78, 5) is 8.48. The van der Waals surface area contributed by atoms with Gasteiger partial charge in [0.1, 0.15) is 12.0 Å². The minimum atomic E-state index is 0.481. The second-order valence-corrected chi connectivity index (χ2v) is 6.09. The molecule has 3 aromatic rings. The van der Waals surface area contributed by atoms with E-state index in [9.17, 15) is 0 Å². The molecule has 0 aliphatic carbocycles. The van der Waals surface area contributed by atoms with Gasteiger partial charge >= 0.3 is 0 Å². The van der Waals surface area contributed by atoms with E-state index < -0.39 is 0 Å². The molecule has 0 fully saturated rings. The molecule has 0 saturated carbocycles. The number of hydrogen-bond acceptors (Lipinski definition) is 5. The topological polar surface area (TPSA) is 75.9 Å². The van der Waals surface area contributed by atoms with Crippen LogP contribution in [-0.2, 0) is 6.42 Å². The highest BCUT2D eigenvalue weighted by atomic mass is 35.5. The third-order valence-electron chi connectivity index (χ3n) is 3.95. The van der Waals surface area contributed by atoms with Gasteiger partial charge in [-0.2, -0.15) is 0 Å². The summed E-state index contributed by atoms with van der Waals surface area (Å²) in [5.74, 6) is 1.18. The highest BCUT2D eigenvalue weighted by Gasteiger charge is 2.10. The molecule has 6 heteroatoms. The molecule has 0 spiro atoms. The SMILES string of the molecule is Cc1c(Cl)cccc1Nc1ncnc(NCCc2ccccc2)c1N. The van der Waals surface area contributed by atoms with Crippen molar-refractivity contribution in [3.63, 3.8) is 0 Å².